The number of Topliss-reactive ketones (excluding diaryl/α,β-unsaturated/α-hetero) is 1. The monoisotopic (exact) mass is 233 g/mol. The third-order valence-electron chi connectivity index (χ3n) is 2.78. The largest absolute Gasteiger partial charge is 0.464 e. The first-order valence-electron chi connectivity index (χ1n) is 5.67. The highest BCUT2D eigenvalue weighted by Crippen LogP contribution is 2.28. The standard InChI is InChI=1S/C13H15NO3/c1-3-17-13(16)12-8-14(12)11-6-4-10(5-7-11)9(2)15/h4-7,12H,3,8H2,1-2H3. The molecule has 4 nitrogen and oxygen atoms in total. The quantitative estimate of drug-likeness (QED) is 0.450. The van der Waals surface area contributed by atoms with E-state index in [-0.39, 0.29) is 17.8 Å². The fourth-order valence-corrected chi connectivity index (χ4v) is 1.75. The summed E-state index contributed by atoms with van der Waals surface area (Å²) in [6.07, 6.45) is 0. The average Bonchev–Trinajstić information content (AvgIpc) is 3.09. The van der Waals surface area contributed by atoms with E-state index in [1.807, 2.05) is 17.0 Å². The molecule has 0 amide bonds. The van der Waals surface area contributed by atoms with Gasteiger partial charge in [0.2, 0.25) is 0 Å². The number of hydrogen-bond acceptors (Lipinski definition) is 4. The minimum atomic E-state index is -0.178. The summed E-state index contributed by atoms with van der Waals surface area (Å²) in [6, 6.07) is 7.11. The van der Waals surface area contributed by atoms with Crippen LogP contribution in [0.2, 0.25) is 0 Å². The zero-order valence-corrected chi connectivity index (χ0v) is 9.97. The zero-order chi connectivity index (χ0) is 12.4. The molecular weight excluding hydrogens is 218 g/mol. The van der Waals surface area contributed by atoms with E-state index >= 15 is 0 Å². The topological polar surface area (TPSA) is 46.4 Å². The molecule has 90 valence electrons. The number of ether oxygens (including phenoxy) is 1. The number of hydrogen-bond donors (Lipinski definition) is 0. The second-order valence-electron chi connectivity index (χ2n) is 4.02. The fourth-order valence-electron chi connectivity index (χ4n) is 1.75. The predicted octanol–water partition coefficient (Wildman–Crippen LogP) is 1.64. The molecule has 1 aliphatic heterocycles. The molecule has 1 unspecified atom stereocenters. The van der Waals surface area contributed by atoms with Crippen molar-refractivity contribution in [2.75, 3.05) is 18.1 Å². The third-order valence-corrected chi connectivity index (χ3v) is 2.78. The van der Waals surface area contributed by atoms with E-state index in [0.717, 1.165) is 5.69 Å². The molecule has 0 bridgehead atoms. The van der Waals surface area contributed by atoms with Gasteiger partial charge in [0.05, 0.1) is 13.2 Å². The molecule has 0 spiro atoms. The van der Waals surface area contributed by atoms with Crippen molar-refractivity contribution in [3.63, 3.8) is 0 Å². The van der Waals surface area contributed by atoms with E-state index < -0.39 is 0 Å². The van der Waals surface area contributed by atoms with Crippen molar-refractivity contribution in [1.82, 2.24) is 0 Å². The second kappa shape index (κ2) is 4.57. The van der Waals surface area contributed by atoms with Gasteiger partial charge in [0, 0.05) is 11.3 Å². The van der Waals surface area contributed by atoms with Gasteiger partial charge in [0.25, 0.3) is 0 Å². The number of nitrogens with zero attached hydrogens (tertiary/aromatic N) is 1. The lowest BCUT2D eigenvalue weighted by Crippen LogP contribution is -2.15. The Kier molecular flexibility index (Phi) is 3.13. The van der Waals surface area contributed by atoms with E-state index in [1.165, 1.54) is 6.92 Å². The summed E-state index contributed by atoms with van der Waals surface area (Å²) >= 11 is 0. The van der Waals surface area contributed by atoms with Gasteiger partial charge in [0.15, 0.2) is 5.78 Å². The molecule has 1 saturated heterocycles. The van der Waals surface area contributed by atoms with Crippen LogP contribution in [0, 0.1) is 0 Å². The van der Waals surface area contributed by atoms with Gasteiger partial charge in [-0.05, 0) is 38.1 Å². The molecule has 1 aromatic carbocycles. The van der Waals surface area contributed by atoms with E-state index in [0.29, 0.717) is 18.7 Å². The number of carbonyl (C=O) groups excluding carboxylic acids is 2. The van der Waals surface area contributed by atoms with Crippen molar-refractivity contribution in [2.24, 2.45) is 0 Å². The molecular formula is C13H15NO3. The highest BCUT2D eigenvalue weighted by atomic mass is 16.5. The van der Waals surface area contributed by atoms with E-state index in [1.54, 1.807) is 19.1 Å². The summed E-state index contributed by atoms with van der Waals surface area (Å²) in [5, 5.41) is 0. The van der Waals surface area contributed by atoms with Gasteiger partial charge < -0.3 is 9.64 Å². The molecule has 0 saturated carbocycles. The van der Waals surface area contributed by atoms with Gasteiger partial charge in [-0.15, -0.1) is 0 Å². The Balaban J connectivity index is 2.01. The Bertz CT molecular complexity index is 438. The maximum atomic E-state index is 11.4. The van der Waals surface area contributed by atoms with Crippen molar-refractivity contribution in [3.8, 4) is 0 Å². The van der Waals surface area contributed by atoms with Crippen LogP contribution in [0.1, 0.15) is 24.2 Å². The van der Waals surface area contributed by atoms with Gasteiger partial charge in [-0.1, -0.05) is 0 Å². The summed E-state index contributed by atoms with van der Waals surface area (Å²) in [5.74, 6) is -0.132. The Morgan fingerprint density at radius 3 is 2.53 bits per heavy atom. The van der Waals surface area contributed by atoms with E-state index in [4.69, 9.17) is 4.74 Å². The fraction of sp³-hybridized carbons (Fsp3) is 0.385. The van der Waals surface area contributed by atoms with Crippen LogP contribution in [-0.2, 0) is 9.53 Å². The molecule has 2 rings (SSSR count). The molecule has 1 heterocycles. The van der Waals surface area contributed by atoms with E-state index in [2.05, 4.69) is 0 Å². The molecule has 1 fully saturated rings. The molecule has 17 heavy (non-hydrogen) atoms. The summed E-state index contributed by atoms with van der Waals surface area (Å²) in [7, 11) is 0. The van der Waals surface area contributed by atoms with Crippen LogP contribution in [-0.4, -0.2) is 30.9 Å². The Morgan fingerprint density at radius 1 is 1.35 bits per heavy atom. The maximum absolute atomic E-state index is 11.4. The maximum Gasteiger partial charge on any atom is 0.330 e. The lowest BCUT2D eigenvalue weighted by atomic mass is 10.1. The SMILES string of the molecule is CCOC(=O)C1CN1c1ccc(C(C)=O)cc1. The minimum Gasteiger partial charge on any atom is -0.464 e. The molecule has 1 atom stereocenters. The summed E-state index contributed by atoms with van der Waals surface area (Å²) in [5.41, 5.74) is 1.64. The summed E-state index contributed by atoms with van der Waals surface area (Å²) < 4.78 is 4.94. The van der Waals surface area contributed by atoms with Crippen LogP contribution >= 0.6 is 0 Å². The van der Waals surface area contributed by atoms with Gasteiger partial charge >= 0.3 is 5.97 Å². The highest BCUT2D eigenvalue weighted by molar-refractivity contribution is 5.94. The van der Waals surface area contributed by atoms with Crippen LogP contribution in [0.5, 0.6) is 0 Å². The molecule has 1 aliphatic rings. The third kappa shape index (κ3) is 2.46. The highest BCUT2D eigenvalue weighted by Gasteiger charge is 2.41. The molecule has 1 aromatic rings. The normalized spacial score (nSPS) is 17.8. The van der Waals surface area contributed by atoms with Crippen molar-refractivity contribution < 1.29 is 14.3 Å². The smallest absolute Gasteiger partial charge is 0.330 e. The molecule has 0 aliphatic carbocycles. The molecule has 0 N–H and O–H groups in total. The summed E-state index contributed by atoms with van der Waals surface area (Å²) in [6.45, 7) is 4.44. The van der Waals surface area contributed by atoms with E-state index in [9.17, 15) is 9.59 Å². The van der Waals surface area contributed by atoms with Crippen LogP contribution < -0.4 is 4.90 Å². The molecule has 0 radical (unpaired) electrons. The number of rotatable bonds is 4. The van der Waals surface area contributed by atoms with Gasteiger partial charge in [-0.2, -0.15) is 0 Å². The number of benzene rings is 1. The Hall–Kier alpha value is -1.84. The first-order chi connectivity index (χ1) is 8.13. The Labute approximate surface area is 100 Å². The lowest BCUT2D eigenvalue weighted by molar-refractivity contribution is -0.142. The van der Waals surface area contributed by atoms with Crippen molar-refractivity contribution in [3.05, 3.63) is 29.8 Å². The minimum absolute atomic E-state index is 0.0456. The number of ketones is 1. The summed E-state index contributed by atoms with van der Waals surface area (Å²) in [4.78, 5) is 24.5. The van der Waals surface area contributed by atoms with Gasteiger partial charge in [0.1, 0.15) is 6.04 Å². The number of carbonyl (C=O) groups is 2. The lowest BCUT2D eigenvalue weighted by Gasteiger charge is -2.05. The van der Waals surface area contributed by atoms with Crippen molar-refractivity contribution in [1.29, 1.82) is 0 Å². The molecule has 0 aromatic heterocycles. The van der Waals surface area contributed by atoms with Crippen LogP contribution in [0.3, 0.4) is 0 Å². The van der Waals surface area contributed by atoms with Gasteiger partial charge in [-0.25, -0.2) is 4.79 Å². The molecule has 4 heteroatoms. The first-order valence-corrected chi connectivity index (χ1v) is 5.67. The number of esters is 1. The van der Waals surface area contributed by atoms with Crippen LogP contribution in [0.15, 0.2) is 24.3 Å². The Morgan fingerprint density at radius 2 is 2.00 bits per heavy atom. The van der Waals surface area contributed by atoms with Gasteiger partial charge in [-0.3, -0.25) is 4.79 Å². The van der Waals surface area contributed by atoms with Crippen LogP contribution in [0.25, 0.3) is 0 Å². The van der Waals surface area contributed by atoms with Crippen molar-refractivity contribution in [2.45, 2.75) is 19.9 Å². The average molecular weight is 233 g/mol. The first kappa shape index (κ1) is 11.6. The zero-order valence-electron chi connectivity index (χ0n) is 9.97. The number of anilines is 1. The second-order valence-corrected chi connectivity index (χ2v) is 4.02. The van der Waals surface area contributed by atoms with Crippen molar-refractivity contribution >= 4 is 17.4 Å². The predicted molar refractivity (Wildman–Crippen MR) is 64.2 cm³/mol. The van der Waals surface area contributed by atoms with Crippen LogP contribution in [0.4, 0.5) is 5.69 Å².